The fraction of sp³-hybridized carbons (Fsp3) is 0.429. The maximum Gasteiger partial charge on any atom is 0.0483 e. The summed E-state index contributed by atoms with van der Waals surface area (Å²) in [5.74, 6) is 0.674. The predicted molar refractivity (Wildman–Crippen MR) is 75.6 cm³/mol. The molecular weight excluding hydrogens is 276 g/mol. The molecule has 1 atom stereocenters. The van der Waals surface area contributed by atoms with E-state index in [2.05, 4.69) is 58.0 Å². The van der Waals surface area contributed by atoms with E-state index < -0.39 is 0 Å². The van der Waals surface area contributed by atoms with Gasteiger partial charge in [0.25, 0.3) is 0 Å². The molecule has 2 aromatic rings. The monoisotopic (exact) mass is 292 g/mol. The first-order chi connectivity index (χ1) is 8.18. The summed E-state index contributed by atoms with van der Waals surface area (Å²) in [4.78, 5) is 0. The number of hydrogen-bond donors (Lipinski definition) is 1. The predicted octanol–water partition coefficient (Wildman–Crippen LogP) is 3.33. The summed E-state index contributed by atoms with van der Waals surface area (Å²) in [7, 11) is 2.16. The van der Waals surface area contributed by atoms with Crippen LogP contribution in [-0.4, -0.2) is 17.7 Å². The van der Waals surface area contributed by atoms with Crippen LogP contribution in [0, 0.1) is 6.92 Å². The first-order valence-electron chi connectivity index (χ1n) is 6.13. The van der Waals surface area contributed by atoms with Crippen LogP contribution in [0.4, 0.5) is 0 Å². The van der Waals surface area contributed by atoms with E-state index in [1.54, 1.807) is 0 Å². The molecule has 1 saturated heterocycles. The molecule has 1 aliphatic rings. The van der Waals surface area contributed by atoms with Gasteiger partial charge in [0, 0.05) is 34.7 Å². The average Bonchev–Trinajstić information content (AvgIpc) is 2.88. The van der Waals surface area contributed by atoms with Gasteiger partial charge in [0.05, 0.1) is 0 Å². The van der Waals surface area contributed by atoms with Crippen LogP contribution in [0.25, 0.3) is 10.9 Å². The van der Waals surface area contributed by atoms with E-state index in [0.29, 0.717) is 5.92 Å². The van der Waals surface area contributed by atoms with Gasteiger partial charge in [-0.3, -0.25) is 0 Å². The molecule has 0 aliphatic carbocycles. The Morgan fingerprint density at radius 3 is 2.94 bits per heavy atom. The number of fused-ring (bicyclic) bond motifs is 1. The number of rotatable bonds is 1. The lowest BCUT2D eigenvalue weighted by Gasteiger charge is -2.09. The molecule has 3 heteroatoms. The number of aryl methyl sites for hydroxylation is 1. The van der Waals surface area contributed by atoms with Crippen LogP contribution in [0.1, 0.15) is 23.6 Å². The second-order valence-corrected chi connectivity index (χ2v) is 5.82. The smallest absolute Gasteiger partial charge is 0.0483 e. The third-order valence-electron chi connectivity index (χ3n) is 3.97. The normalized spacial score (nSPS) is 20.3. The molecule has 0 amide bonds. The topological polar surface area (TPSA) is 17.0 Å². The highest BCUT2D eigenvalue weighted by Gasteiger charge is 2.23. The quantitative estimate of drug-likeness (QED) is 0.853. The zero-order valence-electron chi connectivity index (χ0n) is 10.3. The minimum Gasteiger partial charge on any atom is -0.348 e. The van der Waals surface area contributed by atoms with Crippen molar-refractivity contribution in [1.29, 1.82) is 0 Å². The molecule has 0 saturated carbocycles. The molecule has 1 N–H and O–H groups in total. The number of nitrogens with zero attached hydrogens (tertiary/aromatic N) is 1. The van der Waals surface area contributed by atoms with Crippen molar-refractivity contribution in [3.05, 3.63) is 33.9 Å². The van der Waals surface area contributed by atoms with Crippen molar-refractivity contribution < 1.29 is 0 Å². The standard InChI is InChI=1S/C14H17BrN2/c1-9-14(10-5-6-16-8-10)12-7-11(15)3-4-13(12)17(9)2/h3-4,7,10,16H,5-6,8H2,1-2H3. The van der Waals surface area contributed by atoms with Crippen LogP contribution in [0.5, 0.6) is 0 Å². The minimum atomic E-state index is 0.674. The number of aromatic nitrogens is 1. The molecule has 17 heavy (non-hydrogen) atoms. The highest BCUT2D eigenvalue weighted by atomic mass is 79.9. The fourth-order valence-corrected chi connectivity index (χ4v) is 3.35. The highest BCUT2D eigenvalue weighted by molar-refractivity contribution is 9.10. The zero-order valence-corrected chi connectivity index (χ0v) is 11.8. The molecule has 0 spiro atoms. The number of halogens is 1. The number of hydrogen-bond acceptors (Lipinski definition) is 1. The minimum absolute atomic E-state index is 0.674. The summed E-state index contributed by atoms with van der Waals surface area (Å²) in [6, 6.07) is 6.59. The third-order valence-corrected chi connectivity index (χ3v) is 4.46. The maximum atomic E-state index is 3.58. The van der Waals surface area contributed by atoms with E-state index in [1.807, 2.05) is 0 Å². The molecule has 0 bridgehead atoms. The van der Waals surface area contributed by atoms with Gasteiger partial charge in [-0.2, -0.15) is 0 Å². The molecule has 1 aromatic heterocycles. The lowest BCUT2D eigenvalue weighted by Crippen LogP contribution is -2.08. The summed E-state index contributed by atoms with van der Waals surface area (Å²) in [6.45, 7) is 4.50. The van der Waals surface area contributed by atoms with E-state index in [0.717, 1.165) is 13.1 Å². The van der Waals surface area contributed by atoms with Crippen molar-refractivity contribution in [2.24, 2.45) is 7.05 Å². The van der Waals surface area contributed by atoms with Crippen molar-refractivity contribution >= 4 is 26.8 Å². The second-order valence-electron chi connectivity index (χ2n) is 4.91. The van der Waals surface area contributed by atoms with Gasteiger partial charge in [-0.1, -0.05) is 15.9 Å². The Labute approximate surface area is 110 Å². The van der Waals surface area contributed by atoms with Gasteiger partial charge >= 0.3 is 0 Å². The van der Waals surface area contributed by atoms with Gasteiger partial charge in [0.2, 0.25) is 0 Å². The lowest BCUT2D eigenvalue weighted by molar-refractivity contribution is 0.751. The average molecular weight is 293 g/mol. The van der Waals surface area contributed by atoms with Crippen LogP contribution in [0.2, 0.25) is 0 Å². The third kappa shape index (κ3) is 1.72. The Bertz CT molecular complexity index is 565. The van der Waals surface area contributed by atoms with E-state index in [4.69, 9.17) is 0 Å². The van der Waals surface area contributed by atoms with Crippen molar-refractivity contribution in [1.82, 2.24) is 9.88 Å². The largest absolute Gasteiger partial charge is 0.348 e. The molecule has 1 aliphatic heterocycles. The first-order valence-corrected chi connectivity index (χ1v) is 6.93. The Morgan fingerprint density at radius 2 is 2.24 bits per heavy atom. The Kier molecular flexibility index (Phi) is 2.75. The van der Waals surface area contributed by atoms with Gasteiger partial charge in [0.15, 0.2) is 0 Å². The van der Waals surface area contributed by atoms with E-state index >= 15 is 0 Å². The van der Waals surface area contributed by atoms with Crippen molar-refractivity contribution in [3.63, 3.8) is 0 Å². The summed E-state index contributed by atoms with van der Waals surface area (Å²) in [5, 5.41) is 4.88. The Morgan fingerprint density at radius 1 is 1.41 bits per heavy atom. The van der Waals surface area contributed by atoms with Crippen molar-refractivity contribution in [2.45, 2.75) is 19.3 Å². The summed E-state index contributed by atoms with van der Waals surface area (Å²) in [5.41, 5.74) is 4.29. The van der Waals surface area contributed by atoms with Crippen LogP contribution in [-0.2, 0) is 7.05 Å². The fourth-order valence-electron chi connectivity index (χ4n) is 2.99. The van der Waals surface area contributed by atoms with Gasteiger partial charge in [-0.25, -0.2) is 0 Å². The van der Waals surface area contributed by atoms with Crippen LogP contribution in [0.3, 0.4) is 0 Å². The van der Waals surface area contributed by atoms with Crippen molar-refractivity contribution in [2.75, 3.05) is 13.1 Å². The summed E-state index contributed by atoms with van der Waals surface area (Å²) >= 11 is 3.58. The number of nitrogens with one attached hydrogen (secondary N) is 1. The first kappa shape index (κ1) is 11.3. The molecule has 1 unspecified atom stereocenters. The van der Waals surface area contributed by atoms with Gasteiger partial charge in [-0.15, -0.1) is 0 Å². The highest BCUT2D eigenvalue weighted by Crippen LogP contribution is 2.35. The Balaban J connectivity index is 2.27. The van der Waals surface area contributed by atoms with Crippen LogP contribution >= 0.6 is 15.9 Å². The van der Waals surface area contributed by atoms with E-state index in [9.17, 15) is 0 Å². The SMILES string of the molecule is Cc1c(C2CCNC2)c2cc(Br)ccc2n1C. The van der Waals surface area contributed by atoms with E-state index in [1.165, 1.54) is 33.1 Å². The second kappa shape index (κ2) is 4.14. The molecule has 2 nitrogen and oxygen atoms in total. The molecule has 1 aromatic carbocycles. The summed E-state index contributed by atoms with van der Waals surface area (Å²) < 4.78 is 3.48. The van der Waals surface area contributed by atoms with Crippen LogP contribution < -0.4 is 5.32 Å². The molecule has 3 rings (SSSR count). The molecule has 2 heterocycles. The van der Waals surface area contributed by atoms with Crippen LogP contribution in [0.15, 0.2) is 22.7 Å². The zero-order chi connectivity index (χ0) is 12.0. The van der Waals surface area contributed by atoms with Gasteiger partial charge in [0.1, 0.15) is 0 Å². The van der Waals surface area contributed by atoms with E-state index in [-0.39, 0.29) is 0 Å². The maximum absolute atomic E-state index is 3.58. The van der Waals surface area contributed by atoms with Crippen molar-refractivity contribution in [3.8, 4) is 0 Å². The Hall–Kier alpha value is -0.800. The molecule has 1 fully saturated rings. The lowest BCUT2D eigenvalue weighted by atomic mass is 9.95. The van der Waals surface area contributed by atoms with Gasteiger partial charge < -0.3 is 9.88 Å². The molecule has 90 valence electrons. The summed E-state index contributed by atoms with van der Waals surface area (Å²) in [6.07, 6.45) is 1.26. The van der Waals surface area contributed by atoms with Gasteiger partial charge in [-0.05, 0) is 49.6 Å². The molecular formula is C14H17BrN2. The number of benzene rings is 1. The molecule has 0 radical (unpaired) electrons.